The number of carbonyl (C=O) groups excluding carboxylic acids is 2. The molecule has 0 spiro atoms. The van der Waals surface area contributed by atoms with Crippen molar-refractivity contribution in [2.45, 2.75) is 0 Å². The Morgan fingerprint density at radius 3 is 2.57 bits per heavy atom. The molecule has 23 heavy (non-hydrogen) atoms. The Hall–Kier alpha value is -3.08. The lowest BCUT2D eigenvalue weighted by atomic mass is 10.1. The number of hydrogen-bond donors (Lipinski definition) is 0. The van der Waals surface area contributed by atoms with E-state index in [-0.39, 0.29) is 11.6 Å². The van der Waals surface area contributed by atoms with Gasteiger partial charge < -0.3 is 4.57 Å². The third kappa shape index (κ3) is 2.68. The van der Waals surface area contributed by atoms with Crippen LogP contribution in [0.2, 0.25) is 0 Å². The first-order valence-corrected chi connectivity index (χ1v) is 6.97. The lowest BCUT2D eigenvalue weighted by Crippen LogP contribution is -2.08. The van der Waals surface area contributed by atoms with Gasteiger partial charge in [0.15, 0.2) is 6.29 Å². The molecule has 0 aliphatic carbocycles. The maximum atomic E-state index is 13.1. The number of aldehydes is 1. The van der Waals surface area contributed by atoms with Crippen LogP contribution in [0.15, 0.2) is 54.9 Å². The highest BCUT2D eigenvalue weighted by Crippen LogP contribution is 2.27. The minimum atomic E-state index is -0.359. The van der Waals surface area contributed by atoms with E-state index in [2.05, 4.69) is 4.98 Å². The van der Waals surface area contributed by atoms with E-state index < -0.39 is 0 Å². The van der Waals surface area contributed by atoms with Gasteiger partial charge in [-0.1, -0.05) is 0 Å². The molecule has 5 heteroatoms. The minimum Gasteiger partial charge on any atom is -0.340 e. The molecule has 4 nitrogen and oxygen atoms in total. The van der Waals surface area contributed by atoms with Gasteiger partial charge in [-0.3, -0.25) is 14.6 Å². The zero-order chi connectivity index (χ0) is 16.4. The molecule has 2 heterocycles. The van der Waals surface area contributed by atoms with E-state index in [4.69, 9.17) is 0 Å². The summed E-state index contributed by atoms with van der Waals surface area (Å²) < 4.78 is 14.7. The molecule has 3 aromatic rings. The van der Waals surface area contributed by atoms with Crippen LogP contribution in [0.25, 0.3) is 11.3 Å². The fraction of sp³-hybridized carbons (Fsp3) is 0.0556. The van der Waals surface area contributed by atoms with Crippen molar-refractivity contribution in [2.24, 2.45) is 7.05 Å². The standard InChI is InChI=1S/C18H13FN2O2/c1-21-16(18(23)13-3-2-8-20-10-13)9-14(11-22)17(21)12-4-6-15(19)7-5-12/h2-11H,1H3. The largest absolute Gasteiger partial charge is 0.340 e. The average Bonchev–Trinajstić information content (AvgIpc) is 2.92. The summed E-state index contributed by atoms with van der Waals surface area (Å²) in [6.45, 7) is 0. The number of hydrogen-bond acceptors (Lipinski definition) is 3. The number of halogens is 1. The highest BCUT2D eigenvalue weighted by Gasteiger charge is 2.20. The molecule has 0 radical (unpaired) electrons. The summed E-state index contributed by atoms with van der Waals surface area (Å²) in [5.74, 6) is -0.584. The van der Waals surface area contributed by atoms with Crippen LogP contribution in [0.1, 0.15) is 26.4 Å². The Bertz CT molecular complexity index is 868. The monoisotopic (exact) mass is 308 g/mol. The summed E-state index contributed by atoms with van der Waals surface area (Å²) >= 11 is 0. The van der Waals surface area contributed by atoms with Crippen molar-refractivity contribution in [1.29, 1.82) is 0 Å². The lowest BCUT2D eigenvalue weighted by molar-refractivity contribution is 0.103. The molecular formula is C18H13FN2O2. The van der Waals surface area contributed by atoms with Crippen LogP contribution in [0.4, 0.5) is 4.39 Å². The zero-order valence-corrected chi connectivity index (χ0v) is 12.4. The summed E-state index contributed by atoms with van der Waals surface area (Å²) in [7, 11) is 1.70. The number of ketones is 1. The van der Waals surface area contributed by atoms with Crippen molar-refractivity contribution in [3.05, 3.63) is 77.5 Å². The fourth-order valence-corrected chi connectivity index (χ4v) is 2.55. The van der Waals surface area contributed by atoms with Gasteiger partial charge in [0.05, 0.1) is 11.4 Å². The van der Waals surface area contributed by atoms with Crippen molar-refractivity contribution >= 4 is 12.1 Å². The van der Waals surface area contributed by atoms with Crippen LogP contribution >= 0.6 is 0 Å². The maximum absolute atomic E-state index is 13.1. The second-order valence-corrected chi connectivity index (χ2v) is 5.09. The molecular weight excluding hydrogens is 295 g/mol. The molecule has 0 fully saturated rings. The topological polar surface area (TPSA) is 52.0 Å². The summed E-state index contributed by atoms with van der Waals surface area (Å²) in [4.78, 5) is 27.9. The van der Waals surface area contributed by atoms with E-state index in [1.165, 1.54) is 18.3 Å². The van der Waals surface area contributed by atoms with E-state index in [1.54, 1.807) is 48.1 Å². The molecule has 0 aliphatic rings. The lowest BCUT2D eigenvalue weighted by Gasteiger charge is -2.08. The molecule has 0 N–H and O–H groups in total. The molecule has 0 bridgehead atoms. The van der Waals surface area contributed by atoms with E-state index in [9.17, 15) is 14.0 Å². The highest BCUT2D eigenvalue weighted by molar-refractivity contribution is 6.09. The Balaban J connectivity index is 2.13. The summed E-state index contributed by atoms with van der Waals surface area (Å²) in [5, 5.41) is 0. The molecule has 0 amide bonds. The SMILES string of the molecule is Cn1c(C(=O)c2cccnc2)cc(C=O)c1-c1ccc(F)cc1. The van der Waals surface area contributed by atoms with Crippen LogP contribution in [0.5, 0.6) is 0 Å². The number of rotatable bonds is 4. The number of pyridine rings is 1. The first-order valence-electron chi connectivity index (χ1n) is 6.97. The molecule has 2 aromatic heterocycles. The molecule has 0 unspecified atom stereocenters. The average molecular weight is 308 g/mol. The molecule has 114 valence electrons. The van der Waals surface area contributed by atoms with Gasteiger partial charge in [-0.25, -0.2) is 4.39 Å². The van der Waals surface area contributed by atoms with Gasteiger partial charge >= 0.3 is 0 Å². The smallest absolute Gasteiger partial charge is 0.210 e. The Morgan fingerprint density at radius 1 is 1.22 bits per heavy atom. The zero-order valence-electron chi connectivity index (χ0n) is 12.4. The van der Waals surface area contributed by atoms with Crippen LogP contribution in [-0.4, -0.2) is 21.6 Å². The maximum Gasteiger partial charge on any atom is 0.210 e. The van der Waals surface area contributed by atoms with Gasteiger partial charge in [-0.15, -0.1) is 0 Å². The predicted molar refractivity (Wildman–Crippen MR) is 83.9 cm³/mol. The Morgan fingerprint density at radius 2 is 1.96 bits per heavy atom. The molecule has 0 saturated heterocycles. The van der Waals surface area contributed by atoms with Crippen LogP contribution in [-0.2, 0) is 7.05 Å². The van der Waals surface area contributed by atoms with Crippen LogP contribution in [0, 0.1) is 5.82 Å². The van der Waals surface area contributed by atoms with E-state index in [1.807, 2.05) is 0 Å². The number of carbonyl (C=O) groups is 2. The second-order valence-electron chi connectivity index (χ2n) is 5.09. The first-order chi connectivity index (χ1) is 11.1. The van der Waals surface area contributed by atoms with Crippen molar-refractivity contribution in [3.63, 3.8) is 0 Å². The first kappa shape index (κ1) is 14.8. The third-order valence-corrected chi connectivity index (χ3v) is 3.66. The fourth-order valence-electron chi connectivity index (χ4n) is 2.55. The second kappa shape index (κ2) is 5.96. The summed E-state index contributed by atoms with van der Waals surface area (Å²) in [6, 6.07) is 10.7. The van der Waals surface area contributed by atoms with Gasteiger partial charge in [0.1, 0.15) is 5.82 Å². The predicted octanol–water partition coefficient (Wildman–Crippen LogP) is 3.27. The van der Waals surface area contributed by atoms with Gasteiger partial charge in [-0.05, 0) is 48.0 Å². The molecule has 0 aliphatic heterocycles. The number of aromatic nitrogens is 2. The quantitative estimate of drug-likeness (QED) is 0.549. The van der Waals surface area contributed by atoms with Gasteiger partial charge in [-0.2, -0.15) is 0 Å². The van der Waals surface area contributed by atoms with Gasteiger partial charge in [0.25, 0.3) is 0 Å². The summed E-state index contributed by atoms with van der Waals surface area (Å²) in [5.41, 5.74) is 2.44. The summed E-state index contributed by atoms with van der Waals surface area (Å²) in [6.07, 6.45) is 3.76. The van der Waals surface area contributed by atoms with E-state index >= 15 is 0 Å². The van der Waals surface area contributed by atoms with Crippen molar-refractivity contribution in [3.8, 4) is 11.3 Å². The minimum absolute atomic E-state index is 0.225. The van der Waals surface area contributed by atoms with Crippen molar-refractivity contribution in [1.82, 2.24) is 9.55 Å². The normalized spacial score (nSPS) is 10.5. The molecule has 3 rings (SSSR count). The third-order valence-electron chi connectivity index (χ3n) is 3.66. The van der Waals surface area contributed by atoms with E-state index in [0.717, 1.165) is 0 Å². The van der Waals surface area contributed by atoms with Crippen molar-refractivity contribution in [2.75, 3.05) is 0 Å². The van der Waals surface area contributed by atoms with Gasteiger partial charge in [0.2, 0.25) is 5.78 Å². The number of benzene rings is 1. The molecule has 0 atom stereocenters. The Labute approximate surface area is 132 Å². The van der Waals surface area contributed by atoms with Crippen LogP contribution < -0.4 is 0 Å². The molecule has 0 saturated carbocycles. The number of nitrogens with zero attached hydrogens (tertiary/aromatic N) is 2. The van der Waals surface area contributed by atoms with Crippen molar-refractivity contribution < 1.29 is 14.0 Å². The Kier molecular flexibility index (Phi) is 3.85. The van der Waals surface area contributed by atoms with E-state index in [0.29, 0.717) is 34.4 Å². The van der Waals surface area contributed by atoms with Crippen LogP contribution in [0.3, 0.4) is 0 Å². The molecule has 1 aromatic carbocycles. The van der Waals surface area contributed by atoms with Gasteiger partial charge in [0, 0.05) is 30.6 Å². The highest BCUT2D eigenvalue weighted by atomic mass is 19.1.